The first-order valence-electron chi connectivity index (χ1n) is 7.98. The predicted octanol–water partition coefficient (Wildman–Crippen LogP) is 3.23. The molecule has 3 rings (SSSR count). The molecule has 1 amide bonds. The van der Waals surface area contributed by atoms with Crippen molar-refractivity contribution < 1.29 is 9.53 Å². The van der Waals surface area contributed by atoms with Crippen LogP contribution >= 0.6 is 11.3 Å². The maximum absolute atomic E-state index is 12.7. The van der Waals surface area contributed by atoms with Crippen molar-refractivity contribution in [3.8, 4) is 5.75 Å². The molecule has 1 aromatic carbocycles. The van der Waals surface area contributed by atoms with Crippen molar-refractivity contribution in [3.63, 3.8) is 0 Å². The van der Waals surface area contributed by atoms with Crippen LogP contribution in [0.5, 0.6) is 5.75 Å². The largest absolute Gasteiger partial charge is 0.495 e. The maximum atomic E-state index is 12.7. The van der Waals surface area contributed by atoms with Gasteiger partial charge in [-0.2, -0.15) is 0 Å². The molecular weight excluding hydrogens is 338 g/mol. The molecule has 7 heteroatoms. The van der Waals surface area contributed by atoms with Crippen LogP contribution in [0.1, 0.15) is 24.8 Å². The molecule has 1 N–H and O–H groups in total. The standard InChI is InChI=1S/C18H19N3O3S/c1-4-12-9-13-17(25-12)19-10-21(18(13)23)11(2)16(22)20-14-7-5-6-8-15(14)24-3/h5-11H,4H2,1-3H3,(H,20,22)/t11-/m0/s1. The van der Waals surface area contributed by atoms with E-state index in [1.54, 1.807) is 32.2 Å². The van der Waals surface area contributed by atoms with Crippen LogP contribution in [0.2, 0.25) is 0 Å². The number of ether oxygens (including phenoxy) is 1. The van der Waals surface area contributed by atoms with E-state index in [-0.39, 0.29) is 11.5 Å². The molecular formula is C18H19N3O3S. The van der Waals surface area contributed by atoms with Gasteiger partial charge in [-0.1, -0.05) is 19.1 Å². The van der Waals surface area contributed by atoms with Gasteiger partial charge in [0.15, 0.2) is 0 Å². The highest BCUT2D eigenvalue weighted by molar-refractivity contribution is 7.18. The maximum Gasteiger partial charge on any atom is 0.262 e. The van der Waals surface area contributed by atoms with Crippen molar-refractivity contribution in [3.05, 3.63) is 51.9 Å². The van der Waals surface area contributed by atoms with Crippen LogP contribution in [0.4, 0.5) is 5.69 Å². The molecule has 1 atom stereocenters. The Bertz CT molecular complexity index is 977. The molecule has 6 nitrogen and oxygen atoms in total. The molecule has 0 radical (unpaired) electrons. The van der Waals surface area contributed by atoms with Crippen LogP contribution < -0.4 is 15.6 Å². The van der Waals surface area contributed by atoms with Crippen LogP contribution in [0.15, 0.2) is 41.5 Å². The van der Waals surface area contributed by atoms with Gasteiger partial charge in [0.25, 0.3) is 5.56 Å². The second-order valence-electron chi connectivity index (χ2n) is 5.61. The van der Waals surface area contributed by atoms with E-state index in [4.69, 9.17) is 4.74 Å². The predicted molar refractivity (Wildman–Crippen MR) is 99.6 cm³/mol. The van der Waals surface area contributed by atoms with Crippen molar-refractivity contribution in [2.24, 2.45) is 0 Å². The second-order valence-corrected chi connectivity index (χ2v) is 6.72. The topological polar surface area (TPSA) is 73.2 Å². The van der Waals surface area contributed by atoms with Crippen molar-refractivity contribution in [2.45, 2.75) is 26.3 Å². The van der Waals surface area contributed by atoms with Crippen molar-refractivity contribution in [1.82, 2.24) is 9.55 Å². The number of aromatic nitrogens is 2. The average Bonchev–Trinajstić information content (AvgIpc) is 3.06. The Morgan fingerprint density at radius 3 is 2.88 bits per heavy atom. The van der Waals surface area contributed by atoms with Gasteiger partial charge < -0.3 is 10.1 Å². The summed E-state index contributed by atoms with van der Waals surface area (Å²) < 4.78 is 6.59. The van der Waals surface area contributed by atoms with Crippen LogP contribution in [-0.4, -0.2) is 22.6 Å². The number of benzene rings is 1. The van der Waals surface area contributed by atoms with E-state index in [2.05, 4.69) is 10.3 Å². The molecule has 0 unspecified atom stereocenters. The number of carbonyl (C=O) groups is 1. The smallest absolute Gasteiger partial charge is 0.262 e. The van der Waals surface area contributed by atoms with Crippen LogP contribution in [-0.2, 0) is 11.2 Å². The third kappa shape index (κ3) is 3.28. The number of nitrogens with zero attached hydrogens (tertiary/aromatic N) is 2. The molecule has 0 bridgehead atoms. The van der Waals surface area contributed by atoms with E-state index in [1.165, 1.54) is 22.2 Å². The fourth-order valence-corrected chi connectivity index (χ4v) is 3.47. The van der Waals surface area contributed by atoms with Crippen molar-refractivity contribution in [1.29, 1.82) is 0 Å². The summed E-state index contributed by atoms with van der Waals surface area (Å²) in [7, 11) is 1.54. The molecule has 0 aliphatic carbocycles. The molecule has 0 aliphatic rings. The number of hydrogen-bond acceptors (Lipinski definition) is 5. The van der Waals surface area contributed by atoms with Gasteiger partial charge in [-0.3, -0.25) is 14.2 Å². The van der Waals surface area contributed by atoms with Gasteiger partial charge in [0.05, 0.1) is 24.5 Å². The fourth-order valence-electron chi connectivity index (χ4n) is 2.55. The van der Waals surface area contributed by atoms with Gasteiger partial charge in [-0.05, 0) is 31.5 Å². The molecule has 2 heterocycles. The third-order valence-electron chi connectivity index (χ3n) is 4.04. The van der Waals surface area contributed by atoms with Gasteiger partial charge >= 0.3 is 0 Å². The number of thiophene rings is 1. The molecule has 0 saturated carbocycles. The van der Waals surface area contributed by atoms with Crippen molar-refractivity contribution >= 4 is 33.1 Å². The number of fused-ring (bicyclic) bond motifs is 1. The van der Waals surface area contributed by atoms with Crippen LogP contribution in [0.3, 0.4) is 0 Å². The number of carbonyl (C=O) groups excluding carboxylic acids is 1. The normalized spacial score (nSPS) is 12.1. The summed E-state index contributed by atoms with van der Waals surface area (Å²) >= 11 is 1.51. The number of nitrogens with one attached hydrogen (secondary N) is 1. The average molecular weight is 357 g/mol. The molecule has 0 spiro atoms. The van der Waals surface area contributed by atoms with Gasteiger partial charge in [-0.15, -0.1) is 11.3 Å². The quantitative estimate of drug-likeness (QED) is 0.761. The SMILES string of the molecule is CCc1cc2c(=O)n([C@@H](C)C(=O)Nc3ccccc3OC)cnc2s1. The second kappa shape index (κ2) is 7.06. The summed E-state index contributed by atoms with van der Waals surface area (Å²) in [5, 5.41) is 3.36. The first kappa shape index (κ1) is 17.2. The van der Waals surface area contributed by atoms with E-state index in [0.717, 1.165) is 11.3 Å². The summed E-state index contributed by atoms with van der Waals surface area (Å²) in [5.74, 6) is 0.257. The molecule has 0 aliphatic heterocycles. The summed E-state index contributed by atoms with van der Waals surface area (Å²) in [6, 6.07) is 8.30. The monoisotopic (exact) mass is 357 g/mol. The molecule has 25 heavy (non-hydrogen) atoms. The lowest BCUT2D eigenvalue weighted by molar-refractivity contribution is -0.118. The number of rotatable bonds is 5. The zero-order chi connectivity index (χ0) is 18.0. The highest BCUT2D eigenvalue weighted by Gasteiger charge is 2.19. The third-order valence-corrected chi connectivity index (χ3v) is 5.23. The van der Waals surface area contributed by atoms with E-state index in [0.29, 0.717) is 21.7 Å². The van der Waals surface area contributed by atoms with Gasteiger partial charge in [0, 0.05) is 4.88 Å². The number of amides is 1. The lowest BCUT2D eigenvalue weighted by Gasteiger charge is -2.16. The fraction of sp³-hybridized carbons (Fsp3) is 0.278. The van der Waals surface area contributed by atoms with Gasteiger partial charge in [-0.25, -0.2) is 4.98 Å². The Morgan fingerprint density at radius 2 is 2.16 bits per heavy atom. The van der Waals surface area contributed by atoms with E-state index >= 15 is 0 Å². The van der Waals surface area contributed by atoms with Gasteiger partial charge in [0.1, 0.15) is 16.6 Å². The first-order chi connectivity index (χ1) is 12.0. The van der Waals surface area contributed by atoms with E-state index in [9.17, 15) is 9.59 Å². The summed E-state index contributed by atoms with van der Waals surface area (Å²) in [6.07, 6.45) is 2.29. The van der Waals surface area contributed by atoms with Crippen LogP contribution in [0.25, 0.3) is 10.2 Å². The minimum Gasteiger partial charge on any atom is -0.495 e. The Morgan fingerprint density at radius 1 is 1.40 bits per heavy atom. The molecule has 0 saturated heterocycles. The minimum absolute atomic E-state index is 0.205. The van der Waals surface area contributed by atoms with E-state index in [1.807, 2.05) is 19.1 Å². The van der Waals surface area contributed by atoms with Gasteiger partial charge in [0.2, 0.25) is 5.91 Å². The number of methoxy groups -OCH3 is 1. The first-order valence-corrected chi connectivity index (χ1v) is 8.80. The lowest BCUT2D eigenvalue weighted by atomic mass is 10.2. The summed E-state index contributed by atoms with van der Waals surface area (Å²) in [5.41, 5.74) is 0.358. The number of hydrogen-bond donors (Lipinski definition) is 1. The zero-order valence-corrected chi connectivity index (χ0v) is 15.1. The molecule has 2 aromatic heterocycles. The molecule has 0 fully saturated rings. The van der Waals surface area contributed by atoms with E-state index < -0.39 is 6.04 Å². The number of aryl methyl sites for hydroxylation is 1. The number of anilines is 1. The lowest BCUT2D eigenvalue weighted by Crippen LogP contribution is -2.31. The zero-order valence-electron chi connectivity index (χ0n) is 14.3. The molecule has 130 valence electrons. The Hall–Kier alpha value is -2.67. The Labute approximate surface area is 149 Å². The van der Waals surface area contributed by atoms with Crippen LogP contribution in [0, 0.1) is 0 Å². The Kier molecular flexibility index (Phi) is 4.85. The number of para-hydroxylation sites is 2. The highest BCUT2D eigenvalue weighted by atomic mass is 32.1. The molecule has 3 aromatic rings. The summed E-state index contributed by atoms with van der Waals surface area (Å²) in [4.78, 5) is 31.4. The summed E-state index contributed by atoms with van der Waals surface area (Å²) in [6.45, 7) is 3.71. The Balaban J connectivity index is 1.91. The highest BCUT2D eigenvalue weighted by Crippen LogP contribution is 2.25. The minimum atomic E-state index is -0.695. The van der Waals surface area contributed by atoms with Crippen molar-refractivity contribution in [2.75, 3.05) is 12.4 Å².